The predicted octanol–water partition coefficient (Wildman–Crippen LogP) is 2.33. The van der Waals surface area contributed by atoms with Crippen LogP contribution in [0.15, 0.2) is 31.9 Å². The number of fused-ring (bicyclic) bond motifs is 1. The Balaban J connectivity index is 1.98. The lowest BCUT2D eigenvalue weighted by atomic mass is 10.3. The molecule has 0 fully saturated rings. The van der Waals surface area contributed by atoms with Crippen LogP contribution >= 0.6 is 27.3 Å². The van der Waals surface area contributed by atoms with Crippen molar-refractivity contribution >= 4 is 37.5 Å². The van der Waals surface area contributed by atoms with E-state index in [2.05, 4.69) is 31.1 Å². The number of nitrogens with one attached hydrogen (secondary N) is 1. The van der Waals surface area contributed by atoms with Crippen LogP contribution < -0.4 is 5.76 Å². The molecule has 0 atom stereocenters. The van der Waals surface area contributed by atoms with Gasteiger partial charge in [-0.15, -0.1) is 16.4 Å². The molecule has 0 saturated heterocycles. The van der Waals surface area contributed by atoms with Gasteiger partial charge in [0, 0.05) is 4.47 Å². The Hall–Kier alpha value is -1.47. The van der Waals surface area contributed by atoms with Crippen molar-refractivity contribution in [3.63, 3.8) is 0 Å². The Morgan fingerprint density at radius 2 is 2.35 bits per heavy atom. The average molecular weight is 312 g/mol. The Kier molecular flexibility index (Phi) is 2.56. The molecular weight excluding hydrogens is 306 g/mol. The number of nitrogens with zero attached hydrogens (tertiary/aromatic N) is 2. The second-order valence-electron chi connectivity index (χ2n) is 3.40. The summed E-state index contributed by atoms with van der Waals surface area (Å²) in [5, 5.41) is 6.85. The van der Waals surface area contributed by atoms with Crippen LogP contribution in [0.3, 0.4) is 0 Å². The minimum absolute atomic E-state index is 0.355. The average Bonchev–Trinajstić information content (AvgIpc) is 2.84. The molecule has 3 rings (SSSR count). The number of rotatable bonds is 2. The van der Waals surface area contributed by atoms with Crippen LogP contribution in [0.5, 0.6) is 0 Å². The van der Waals surface area contributed by atoms with Crippen LogP contribution in [-0.2, 0) is 6.42 Å². The number of hydrogen-bond donors (Lipinski definition) is 1. The van der Waals surface area contributed by atoms with Gasteiger partial charge in [-0.25, -0.2) is 14.9 Å². The second kappa shape index (κ2) is 4.08. The third-order valence-corrected chi connectivity index (χ3v) is 3.69. The molecule has 0 spiro atoms. The molecule has 0 amide bonds. The van der Waals surface area contributed by atoms with Crippen molar-refractivity contribution < 1.29 is 4.42 Å². The number of benzene rings is 1. The minimum Gasteiger partial charge on any atom is -0.392 e. The van der Waals surface area contributed by atoms with Crippen LogP contribution in [-0.4, -0.2) is 15.2 Å². The highest BCUT2D eigenvalue weighted by molar-refractivity contribution is 9.10. The van der Waals surface area contributed by atoms with E-state index in [0.29, 0.717) is 12.3 Å². The van der Waals surface area contributed by atoms with Gasteiger partial charge in [0.15, 0.2) is 0 Å². The maximum absolute atomic E-state index is 10.8. The van der Waals surface area contributed by atoms with E-state index in [-0.39, 0.29) is 0 Å². The standard InChI is InChI=1S/C10H6BrN3O2S/c11-5-1-2-6-7(3-5)17-9(12-6)4-8-13-14-10(15)16-8/h1-3H,4H2,(H,14,15). The quantitative estimate of drug-likeness (QED) is 0.788. The first-order valence-corrected chi connectivity index (χ1v) is 6.41. The molecule has 86 valence electrons. The number of aromatic amines is 1. The summed E-state index contributed by atoms with van der Waals surface area (Å²) in [6.45, 7) is 0. The molecule has 0 saturated carbocycles. The van der Waals surface area contributed by atoms with Crippen molar-refractivity contribution in [1.82, 2.24) is 15.2 Å². The van der Waals surface area contributed by atoms with Gasteiger partial charge in [-0.1, -0.05) is 15.9 Å². The molecule has 0 aliphatic heterocycles. The number of thiazole rings is 1. The molecule has 0 unspecified atom stereocenters. The van der Waals surface area contributed by atoms with Gasteiger partial charge in [-0.05, 0) is 18.2 Å². The molecule has 7 heteroatoms. The van der Waals surface area contributed by atoms with Gasteiger partial charge in [0.1, 0.15) is 5.01 Å². The summed E-state index contributed by atoms with van der Waals surface area (Å²) in [6, 6.07) is 5.90. The summed E-state index contributed by atoms with van der Waals surface area (Å²) in [6.07, 6.45) is 0.426. The molecule has 0 bridgehead atoms. The van der Waals surface area contributed by atoms with E-state index in [9.17, 15) is 4.79 Å². The van der Waals surface area contributed by atoms with Crippen molar-refractivity contribution in [2.45, 2.75) is 6.42 Å². The van der Waals surface area contributed by atoms with Gasteiger partial charge in [-0.3, -0.25) is 0 Å². The molecule has 17 heavy (non-hydrogen) atoms. The van der Waals surface area contributed by atoms with Crippen molar-refractivity contribution in [3.05, 3.63) is 44.1 Å². The first kappa shape index (κ1) is 10.7. The maximum Gasteiger partial charge on any atom is 0.434 e. The summed E-state index contributed by atoms with van der Waals surface area (Å²) in [7, 11) is 0. The monoisotopic (exact) mass is 311 g/mol. The molecule has 5 nitrogen and oxygen atoms in total. The van der Waals surface area contributed by atoms with Crippen LogP contribution in [0.25, 0.3) is 10.2 Å². The number of H-pyrrole nitrogens is 1. The number of hydrogen-bond acceptors (Lipinski definition) is 5. The fraction of sp³-hybridized carbons (Fsp3) is 0.100. The van der Waals surface area contributed by atoms with Crippen molar-refractivity contribution in [3.8, 4) is 0 Å². The fourth-order valence-electron chi connectivity index (χ4n) is 1.49. The summed E-state index contributed by atoms with van der Waals surface area (Å²) < 4.78 is 6.95. The lowest BCUT2D eigenvalue weighted by Crippen LogP contribution is -1.93. The minimum atomic E-state index is -0.538. The van der Waals surface area contributed by atoms with Gasteiger partial charge in [0.2, 0.25) is 5.89 Å². The van der Waals surface area contributed by atoms with Crippen LogP contribution in [0.1, 0.15) is 10.9 Å². The number of aromatic nitrogens is 3. The molecule has 0 aliphatic rings. The number of halogens is 1. The summed E-state index contributed by atoms with van der Waals surface area (Å²) in [5.74, 6) is -0.183. The fourth-order valence-corrected chi connectivity index (χ4v) is 3.00. The van der Waals surface area contributed by atoms with E-state index in [4.69, 9.17) is 4.42 Å². The molecule has 3 aromatic rings. The van der Waals surface area contributed by atoms with E-state index in [1.54, 1.807) is 11.3 Å². The van der Waals surface area contributed by atoms with Crippen molar-refractivity contribution in [2.24, 2.45) is 0 Å². The molecular formula is C10H6BrN3O2S. The Bertz CT molecular complexity index is 730. The second-order valence-corrected chi connectivity index (χ2v) is 5.43. The molecule has 0 aliphatic carbocycles. The lowest BCUT2D eigenvalue weighted by Gasteiger charge is -1.87. The van der Waals surface area contributed by atoms with E-state index in [0.717, 1.165) is 19.7 Å². The highest BCUT2D eigenvalue weighted by Crippen LogP contribution is 2.26. The zero-order valence-electron chi connectivity index (χ0n) is 8.44. The van der Waals surface area contributed by atoms with E-state index in [1.165, 1.54) is 0 Å². The van der Waals surface area contributed by atoms with Crippen LogP contribution in [0.4, 0.5) is 0 Å². The zero-order chi connectivity index (χ0) is 11.8. The van der Waals surface area contributed by atoms with E-state index >= 15 is 0 Å². The molecule has 1 aromatic carbocycles. The maximum atomic E-state index is 10.8. The van der Waals surface area contributed by atoms with Crippen molar-refractivity contribution in [2.75, 3.05) is 0 Å². The van der Waals surface area contributed by atoms with Gasteiger partial charge < -0.3 is 4.42 Å². The predicted molar refractivity (Wildman–Crippen MR) is 67.2 cm³/mol. The zero-order valence-corrected chi connectivity index (χ0v) is 10.8. The van der Waals surface area contributed by atoms with E-state index < -0.39 is 5.76 Å². The first-order chi connectivity index (χ1) is 8.20. The van der Waals surface area contributed by atoms with Crippen molar-refractivity contribution in [1.29, 1.82) is 0 Å². The lowest BCUT2D eigenvalue weighted by molar-refractivity contribution is 0.471. The Morgan fingerprint density at radius 1 is 1.47 bits per heavy atom. The third-order valence-electron chi connectivity index (χ3n) is 2.18. The first-order valence-electron chi connectivity index (χ1n) is 4.80. The highest BCUT2D eigenvalue weighted by Gasteiger charge is 2.08. The Morgan fingerprint density at radius 3 is 3.12 bits per heavy atom. The topological polar surface area (TPSA) is 71.8 Å². The normalized spacial score (nSPS) is 11.1. The van der Waals surface area contributed by atoms with Gasteiger partial charge >= 0.3 is 5.76 Å². The summed E-state index contributed by atoms with van der Waals surface area (Å²) in [5.41, 5.74) is 0.936. The van der Waals surface area contributed by atoms with Crippen LogP contribution in [0.2, 0.25) is 0 Å². The largest absolute Gasteiger partial charge is 0.434 e. The summed E-state index contributed by atoms with van der Waals surface area (Å²) >= 11 is 4.97. The Labute approximate surface area is 108 Å². The molecule has 2 aromatic heterocycles. The van der Waals surface area contributed by atoms with Gasteiger partial charge in [0.25, 0.3) is 0 Å². The molecule has 1 N–H and O–H groups in total. The highest BCUT2D eigenvalue weighted by atomic mass is 79.9. The SMILES string of the molecule is O=c1[nH]nc(Cc2nc3ccc(Br)cc3s2)o1. The molecule has 2 heterocycles. The van der Waals surface area contributed by atoms with Gasteiger partial charge in [0.05, 0.1) is 16.6 Å². The van der Waals surface area contributed by atoms with Gasteiger partial charge in [-0.2, -0.15) is 0 Å². The van der Waals surface area contributed by atoms with Crippen LogP contribution in [0, 0.1) is 0 Å². The smallest absolute Gasteiger partial charge is 0.392 e. The summed E-state index contributed by atoms with van der Waals surface area (Å²) in [4.78, 5) is 15.2. The molecule has 0 radical (unpaired) electrons. The van der Waals surface area contributed by atoms with E-state index in [1.807, 2.05) is 18.2 Å². The third kappa shape index (κ3) is 2.16.